The number of nitrogens with one attached hydrogen (secondary N) is 2. The van der Waals surface area contributed by atoms with Crippen LogP contribution >= 0.6 is 0 Å². The van der Waals surface area contributed by atoms with Gasteiger partial charge in [-0.15, -0.1) is 0 Å². The number of aliphatic hydroxyl groups is 5. The zero-order valence-electron chi connectivity index (χ0n) is 19.4. The summed E-state index contributed by atoms with van der Waals surface area (Å²) in [5.74, 6) is 0. The van der Waals surface area contributed by atoms with E-state index in [1.807, 2.05) is 0 Å². The third-order valence-corrected chi connectivity index (χ3v) is 5.78. The second kappa shape index (κ2) is 11.8. The molecule has 2 fully saturated rings. The fourth-order valence-corrected chi connectivity index (χ4v) is 3.74. The molecule has 2 aliphatic heterocycles. The SMILES string of the molecule is Cc1cn([C@@H]2O[C@H](CO)[C@@H](O)[C@H]2O)c(=O)[nH]c1=O.Cc1cn([C@H]2C[C@H](O)[C@@H](CO)O2)c(=O)[nH]c1=O.O. The zero-order chi connectivity index (χ0) is 26.0. The van der Waals surface area contributed by atoms with Gasteiger partial charge in [0.05, 0.1) is 19.3 Å². The van der Waals surface area contributed by atoms with Gasteiger partial charge in [-0.3, -0.25) is 28.7 Å². The molecule has 0 radical (unpaired) electrons. The molecule has 9 N–H and O–H groups in total. The maximum Gasteiger partial charge on any atom is 0.330 e. The highest BCUT2D eigenvalue weighted by atomic mass is 16.6. The van der Waals surface area contributed by atoms with Gasteiger partial charge < -0.3 is 40.5 Å². The lowest BCUT2D eigenvalue weighted by Crippen LogP contribution is -2.38. The highest BCUT2D eigenvalue weighted by molar-refractivity contribution is 5.03. The van der Waals surface area contributed by atoms with Crippen molar-refractivity contribution in [3.05, 3.63) is 65.2 Å². The van der Waals surface area contributed by atoms with Crippen LogP contribution in [0.15, 0.2) is 31.6 Å². The molecule has 2 saturated heterocycles. The molecule has 0 aromatic carbocycles. The van der Waals surface area contributed by atoms with Crippen LogP contribution < -0.4 is 22.5 Å². The summed E-state index contributed by atoms with van der Waals surface area (Å²) in [6.07, 6.45) is -4.10. The van der Waals surface area contributed by atoms with E-state index in [1.54, 1.807) is 6.92 Å². The summed E-state index contributed by atoms with van der Waals surface area (Å²) >= 11 is 0. The summed E-state index contributed by atoms with van der Waals surface area (Å²) in [6, 6.07) is 0. The molecule has 0 bridgehead atoms. The van der Waals surface area contributed by atoms with Crippen molar-refractivity contribution in [3.63, 3.8) is 0 Å². The van der Waals surface area contributed by atoms with E-state index in [4.69, 9.17) is 19.7 Å². The Morgan fingerprint density at radius 3 is 1.81 bits per heavy atom. The summed E-state index contributed by atoms with van der Waals surface area (Å²) in [6.45, 7) is 2.28. The third-order valence-electron chi connectivity index (χ3n) is 5.78. The normalized spacial score (nSPS) is 29.4. The van der Waals surface area contributed by atoms with Crippen LogP contribution in [0.2, 0.25) is 0 Å². The van der Waals surface area contributed by atoms with Gasteiger partial charge in [0.25, 0.3) is 11.1 Å². The predicted octanol–water partition coefficient (Wildman–Crippen LogP) is -4.88. The van der Waals surface area contributed by atoms with Crippen LogP contribution in [0.3, 0.4) is 0 Å². The van der Waals surface area contributed by atoms with E-state index in [0.29, 0.717) is 5.56 Å². The Hall–Kier alpha value is -2.96. The molecule has 4 rings (SSSR count). The molecule has 2 aromatic rings. The van der Waals surface area contributed by atoms with Crippen molar-refractivity contribution in [2.24, 2.45) is 0 Å². The number of nitrogens with zero attached hydrogens (tertiary/aromatic N) is 2. The number of H-pyrrole nitrogens is 2. The van der Waals surface area contributed by atoms with Crippen molar-refractivity contribution >= 4 is 0 Å². The molecule has 0 aliphatic carbocycles. The molecular weight excluding hydrogens is 488 g/mol. The van der Waals surface area contributed by atoms with Crippen LogP contribution in [0.1, 0.15) is 30.0 Å². The van der Waals surface area contributed by atoms with Crippen LogP contribution in [-0.2, 0) is 9.47 Å². The standard InChI is InChI=1S/C10H14N2O6.C10H14N2O5.H2O/c1-4-2-12(10(17)11-8(4)16)9-7(15)6(14)5(3-13)18-9;1-5-3-12(10(16)11-9(5)15)8-2-6(14)7(4-13)17-8;/h2,5-7,9,13-15H,3H2,1H3,(H,11,16,17);3,6-8,13-14H,2,4H2,1H3,(H,11,15,16);1H2/t5-,6-,7-,9-;6-,7+,8+;/m10./s1. The third kappa shape index (κ3) is 5.88. The van der Waals surface area contributed by atoms with Crippen LogP contribution in [0.5, 0.6) is 0 Å². The largest absolute Gasteiger partial charge is 0.412 e. The van der Waals surface area contributed by atoms with Crippen molar-refractivity contribution in [3.8, 4) is 0 Å². The highest BCUT2D eigenvalue weighted by Crippen LogP contribution is 2.28. The van der Waals surface area contributed by atoms with Crippen LogP contribution in [0.4, 0.5) is 0 Å². The molecule has 0 spiro atoms. The summed E-state index contributed by atoms with van der Waals surface area (Å²) < 4.78 is 12.7. The highest BCUT2D eigenvalue weighted by Gasteiger charge is 2.43. The first-order valence-electron chi connectivity index (χ1n) is 10.7. The topological polar surface area (TPSA) is 261 Å². The Labute approximate surface area is 201 Å². The summed E-state index contributed by atoms with van der Waals surface area (Å²) in [7, 11) is 0. The van der Waals surface area contributed by atoms with Crippen molar-refractivity contribution in [1.82, 2.24) is 19.1 Å². The molecule has 7 atom stereocenters. The van der Waals surface area contributed by atoms with E-state index in [9.17, 15) is 34.5 Å². The average Bonchev–Trinajstić information content (AvgIpc) is 3.32. The molecule has 2 aromatic heterocycles. The van der Waals surface area contributed by atoms with E-state index in [0.717, 1.165) is 4.57 Å². The Kier molecular flexibility index (Phi) is 9.64. The van der Waals surface area contributed by atoms with Gasteiger partial charge in [0.1, 0.15) is 30.6 Å². The van der Waals surface area contributed by atoms with E-state index in [-0.39, 0.29) is 24.1 Å². The number of aromatic nitrogens is 4. The van der Waals surface area contributed by atoms with Gasteiger partial charge in [0.15, 0.2) is 6.23 Å². The van der Waals surface area contributed by atoms with Crippen molar-refractivity contribution in [2.75, 3.05) is 13.2 Å². The summed E-state index contributed by atoms with van der Waals surface area (Å²) in [5.41, 5.74) is -1.65. The second-order valence-corrected chi connectivity index (χ2v) is 8.30. The molecule has 0 saturated carbocycles. The lowest BCUT2D eigenvalue weighted by atomic mass is 10.1. The van der Waals surface area contributed by atoms with Gasteiger partial charge in [0, 0.05) is 29.9 Å². The number of ether oxygens (including phenoxy) is 2. The van der Waals surface area contributed by atoms with Gasteiger partial charge in [-0.05, 0) is 13.8 Å². The Morgan fingerprint density at radius 2 is 1.33 bits per heavy atom. The van der Waals surface area contributed by atoms with E-state index < -0.39 is 72.1 Å². The molecule has 16 heteroatoms. The minimum Gasteiger partial charge on any atom is -0.412 e. The number of aliphatic hydroxyl groups excluding tert-OH is 5. The Bertz CT molecular complexity index is 1270. The first-order chi connectivity index (χ1) is 16.5. The number of aromatic amines is 2. The lowest BCUT2D eigenvalue weighted by molar-refractivity contribution is -0.0551. The van der Waals surface area contributed by atoms with Crippen LogP contribution in [-0.4, -0.2) is 93.8 Å². The summed E-state index contributed by atoms with van der Waals surface area (Å²) in [5, 5.41) is 46.8. The fraction of sp³-hybridized carbons (Fsp3) is 0.600. The Balaban J connectivity index is 0.000000247. The van der Waals surface area contributed by atoms with Gasteiger partial charge in [-0.25, -0.2) is 9.59 Å². The fourth-order valence-electron chi connectivity index (χ4n) is 3.74. The first-order valence-corrected chi connectivity index (χ1v) is 10.7. The van der Waals surface area contributed by atoms with Crippen LogP contribution in [0, 0.1) is 13.8 Å². The minimum absolute atomic E-state index is 0. The first kappa shape index (κ1) is 29.3. The average molecular weight is 518 g/mol. The van der Waals surface area contributed by atoms with Gasteiger partial charge in [-0.1, -0.05) is 0 Å². The maximum absolute atomic E-state index is 11.6. The van der Waals surface area contributed by atoms with E-state index >= 15 is 0 Å². The molecule has 0 unspecified atom stereocenters. The number of hydrogen-bond donors (Lipinski definition) is 7. The maximum atomic E-state index is 11.6. The second-order valence-electron chi connectivity index (χ2n) is 8.30. The zero-order valence-corrected chi connectivity index (χ0v) is 19.4. The molecule has 4 heterocycles. The van der Waals surface area contributed by atoms with Gasteiger partial charge >= 0.3 is 11.4 Å². The van der Waals surface area contributed by atoms with E-state index in [2.05, 4.69) is 9.97 Å². The quantitative estimate of drug-likeness (QED) is 0.202. The van der Waals surface area contributed by atoms with Crippen molar-refractivity contribution < 1.29 is 40.5 Å². The van der Waals surface area contributed by atoms with Crippen molar-refractivity contribution in [1.29, 1.82) is 0 Å². The van der Waals surface area contributed by atoms with Crippen LogP contribution in [0.25, 0.3) is 0 Å². The molecule has 16 nitrogen and oxygen atoms in total. The molecule has 2 aliphatic rings. The van der Waals surface area contributed by atoms with Gasteiger partial charge in [-0.2, -0.15) is 0 Å². The molecule has 202 valence electrons. The number of aryl methyl sites for hydroxylation is 2. The number of rotatable bonds is 4. The predicted molar refractivity (Wildman–Crippen MR) is 120 cm³/mol. The summed E-state index contributed by atoms with van der Waals surface area (Å²) in [4.78, 5) is 49.8. The monoisotopic (exact) mass is 518 g/mol. The molecule has 0 amide bonds. The van der Waals surface area contributed by atoms with E-state index in [1.165, 1.54) is 23.9 Å². The molecule has 36 heavy (non-hydrogen) atoms. The van der Waals surface area contributed by atoms with Crippen molar-refractivity contribution in [2.45, 2.75) is 63.2 Å². The van der Waals surface area contributed by atoms with Gasteiger partial charge in [0.2, 0.25) is 0 Å². The molecular formula is C20H30N4O12. The minimum atomic E-state index is -1.36. The number of hydrogen-bond acceptors (Lipinski definition) is 11. The lowest BCUT2D eigenvalue weighted by Gasteiger charge is -2.17. The Morgan fingerprint density at radius 1 is 0.833 bits per heavy atom. The smallest absolute Gasteiger partial charge is 0.330 e.